The van der Waals surface area contributed by atoms with E-state index in [0.29, 0.717) is 12.1 Å². The smallest absolute Gasteiger partial charge is 0.312 e. The number of rotatable bonds is 4. The highest BCUT2D eigenvalue weighted by molar-refractivity contribution is 5.94. The van der Waals surface area contributed by atoms with Gasteiger partial charge in [-0.25, -0.2) is 4.79 Å². The van der Waals surface area contributed by atoms with Crippen molar-refractivity contribution in [3.63, 3.8) is 0 Å². The van der Waals surface area contributed by atoms with Crippen molar-refractivity contribution in [2.75, 3.05) is 0 Å². The predicted molar refractivity (Wildman–Crippen MR) is 78.6 cm³/mol. The molecule has 0 radical (unpaired) electrons. The highest BCUT2D eigenvalue weighted by atomic mass is 16.3. The molecule has 0 saturated heterocycles. The third-order valence-electron chi connectivity index (χ3n) is 3.73. The van der Waals surface area contributed by atoms with Crippen LogP contribution in [-0.2, 0) is 6.54 Å². The fourth-order valence-electron chi connectivity index (χ4n) is 2.49. The van der Waals surface area contributed by atoms with Crippen LogP contribution in [0.1, 0.15) is 41.6 Å². The van der Waals surface area contributed by atoms with Crippen LogP contribution < -0.4 is 16.4 Å². The van der Waals surface area contributed by atoms with Crippen LogP contribution >= 0.6 is 0 Å². The zero-order valence-electron chi connectivity index (χ0n) is 11.8. The Morgan fingerprint density at radius 3 is 2.48 bits per heavy atom. The number of amides is 3. The van der Waals surface area contributed by atoms with Crippen LogP contribution in [0.2, 0.25) is 0 Å². The number of nitrogens with one attached hydrogen (secondary N) is 2. The van der Waals surface area contributed by atoms with E-state index in [1.807, 2.05) is 0 Å². The molecule has 0 bridgehead atoms. The van der Waals surface area contributed by atoms with Gasteiger partial charge in [-0.3, -0.25) is 4.79 Å². The van der Waals surface area contributed by atoms with Crippen LogP contribution in [0, 0.1) is 0 Å². The molecule has 114 valence electrons. The van der Waals surface area contributed by atoms with Gasteiger partial charge in [0.25, 0.3) is 5.91 Å². The number of hydrogen-bond donors (Lipinski definition) is 4. The van der Waals surface area contributed by atoms with E-state index in [9.17, 15) is 14.7 Å². The van der Waals surface area contributed by atoms with Crippen LogP contribution in [0.15, 0.2) is 24.3 Å². The Kier molecular flexibility index (Phi) is 5.16. The molecule has 2 atom stereocenters. The number of primary amides is 1. The monoisotopic (exact) mass is 291 g/mol. The van der Waals surface area contributed by atoms with Gasteiger partial charge in [0.2, 0.25) is 0 Å². The fourth-order valence-corrected chi connectivity index (χ4v) is 2.49. The molecule has 1 aliphatic rings. The lowest BCUT2D eigenvalue weighted by atomic mass is 9.92. The highest BCUT2D eigenvalue weighted by Crippen LogP contribution is 2.18. The average Bonchev–Trinajstić information content (AvgIpc) is 2.48. The number of hydrogen-bond acceptors (Lipinski definition) is 3. The molecule has 0 aromatic heterocycles. The molecule has 1 saturated carbocycles. The van der Waals surface area contributed by atoms with Crippen molar-refractivity contribution >= 4 is 11.9 Å². The summed E-state index contributed by atoms with van der Waals surface area (Å²) in [6, 6.07) is 6.18. The molecule has 1 aromatic rings. The number of benzene rings is 1. The molecule has 6 nitrogen and oxygen atoms in total. The quantitative estimate of drug-likeness (QED) is 0.662. The van der Waals surface area contributed by atoms with Crippen molar-refractivity contribution in [1.82, 2.24) is 10.6 Å². The molecule has 1 fully saturated rings. The SMILES string of the molecule is NC(=O)NCc1ccc(C(=O)NC2CCCCC2O)cc1. The Bertz CT molecular complexity index is 501. The van der Waals surface area contributed by atoms with Gasteiger partial charge in [0, 0.05) is 12.1 Å². The number of aliphatic hydroxyl groups excluding tert-OH is 1. The van der Waals surface area contributed by atoms with Gasteiger partial charge in [0.15, 0.2) is 0 Å². The summed E-state index contributed by atoms with van der Waals surface area (Å²) in [7, 11) is 0. The van der Waals surface area contributed by atoms with Crippen molar-refractivity contribution in [2.45, 2.75) is 44.4 Å². The normalized spacial score (nSPS) is 21.6. The van der Waals surface area contributed by atoms with Crippen molar-refractivity contribution < 1.29 is 14.7 Å². The number of urea groups is 1. The van der Waals surface area contributed by atoms with Crippen LogP contribution in [0.5, 0.6) is 0 Å². The summed E-state index contributed by atoms with van der Waals surface area (Å²) in [4.78, 5) is 22.7. The Hall–Kier alpha value is -2.08. The van der Waals surface area contributed by atoms with Crippen molar-refractivity contribution in [2.24, 2.45) is 5.73 Å². The first kappa shape index (κ1) is 15.3. The van der Waals surface area contributed by atoms with Gasteiger partial charge >= 0.3 is 6.03 Å². The molecule has 6 heteroatoms. The molecular formula is C15H21N3O3. The maximum absolute atomic E-state index is 12.1. The second-order valence-electron chi connectivity index (χ2n) is 5.35. The lowest BCUT2D eigenvalue weighted by molar-refractivity contribution is 0.0717. The highest BCUT2D eigenvalue weighted by Gasteiger charge is 2.24. The number of aliphatic hydroxyl groups is 1. The Labute approximate surface area is 123 Å². The van der Waals surface area contributed by atoms with Crippen LogP contribution in [0.4, 0.5) is 4.79 Å². The summed E-state index contributed by atoms with van der Waals surface area (Å²) in [6.45, 7) is 0.332. The van der Waals surface area contributed by atoms with E-state index in [0.717, 1.165) is 31.2 Å². The van der Waals surface area contributed by atoms with Crippen molar-refractivity contribution in [3.8, 4) is 0 Å². The minimum atomic E-state index is -0.580. The molecule has 2 rings (SSSR count). The zero-order valence-corrected chi connectivity index (χ0v) is 11.8. The summed E-state index contributed by atoms with van der Waals surface area (Å²) in [5.41, 5.74) is 6.40. The summed E-state index contributed by atoms with van der Waals surface area (Å²) in [6.07, 6.45) is 3.13. The van der Waals surface area contributed by atoms with Crippen LogP contribution in [0.3, 0.4) is 0 Å². The van der Waals surface area contributed by atoms with Crippen LogP contribution in [0.25, 0.3) is 0 Å². The maximum Gasteiger partial charge on any atom is 0.312 e. The fraction of sp³-hybridized carbons (Fsp3) is 0.467. The van der Waals surface area contributed by atoms with Gasteiger partial charge < -0.3 is 21.5 Å². The van der Waals surface area contributed by atoms with Gasteiger partial charge in [-0.2, -0.15) is 0 Å². The Balaban J connectivity index is 1.91. The third kappa shape index (κ3) is 4.46. The molecule has 1 aromatic carbocycles. The molecular weight excluding hydrogens is 270 g/mol. The molecule has 5 N–H and O–H groups in total. The maximum atomic E-state index is 12.1. The van der Waals surface area contributed by atoms with Crippen LogP contribution in [-0.4, -0.2) is 29.2 Å². The minimum absolute atomic E-state index is 0.164. The number of nitrogens with two attached hydrogens (primary N) is 1. The van der Waals surface area contributed by atoms with E-state index in [4.69, 9.17) is 5.73 Å². The molecule has 2 unspecified atom stereocenters. The topological polar surface area (TPSA) is 104 Å². The molecule has 0 spiro atoms. The number of carbonyl (C=O) groups is 2. The molecule has 21 heavy (non-hydrogen) atoms. The van der Waals surface area contributed by atoms with E-state index in [1.165, 1.54) is 0 Å². The predicted octanol–water partition coefficient (Wildman–Crippen LogP) is 0.888. The Morgan fingerprint density at radius 1 is 1.19 bits per heavy atom. The first-order valence-corrected chi connectivity index (χ1v) is 7.17. The summed E-state index contributed by atoms with van der Waals surface area (Å²) >= 11 is 0. The van der Waals surface area contributed by atoms with Gasteiger partial charge in [0.05, 0.1) is 12.1 Å². The molecule has 0 heterocycles. The van der Waals surface area contributed by atoms with E-state index < -0.39 is 12.1 Å². The van der Waals surface area contributed by atoms with Crippen molar-refractivity contribution in [3.05, 3.63) is 35.4 Å². The van der Waals surface area contributed by atoms with Gasteiger partial charge in [-0.15, -0.1) is 0 Å². The van der Waals surface area contributed by atoms with E-state index in [1.54, 1.807) is 24.3 Å². The van der Waals surface area contributed by atoms with Gasteiger partial charge in [-0.05, 0) is 30.5 Å². The average molecular weight is 291 g/mol. The first-order chi connectivity index (χ1) is 10.1. The zero-order chi connectivity index (χ0) is 15.2. The van der Waals surface area contributed by atoms with Gasteiger partial charge in [0.1, 0.15) is 0 Å². The second kappa shape index (κ2) is 7.08. The van der Waals surface area contributed by atoms with E-state index in [2.05, 4.69) is 10.6 Å². The molecule has 0 aliphatic heterocycles. The first-order valence-electron chi connectivity index (χ1n) is 7.17. The lowest BCUT2D eigenvalue weighted by Gasteiger charge is -2.28. The van der Waals surface area contributed by atoms with E-state index in [-0.39, 0.29) is 11.9 Å². The summed E-state index contributed by atoms with van der Waals surface area (Å²) in [5, 5.41) is 15.2. The van der Waals surface area contributed by atoms with Crippen molar-refractivity contribution in [1.29, 1.82) is 0 Å². The largest absolute Gasteiger partial charge is 0.391 e. The lowest BCUT2D eigenvalue weighted by Crippen LogP contribution is -2.45. The summed E-state index contributed by atoms with van der Waals surface area (Å²) < 4.78 is 0. The van der Waals surface area contributed by atoms with Gasteiger partial charge in [-0.1, -0.05) is 25.0 Å². The third-order valence-corrected chi connectivity index (χ3v) is 3.73. The van der Waals surface area contributed by atoms with E-state index >= 15 is 0 Å². The summed E-state index contributed by atoms with van der Waals surface area (Å²) in [5.74, 6) is -0.185. The number of carbonyl (C=O) groups excluding carboxylic acids is 2. The minimum Gasteiger partial charge on any atom is -0.391 e. The second-order valence-corrected chi connectivity index (χ2v) is 5.35. The molecule has 1 aliphatic carbocycles. The Morgan fingerprint density at radius 2 is 1.86 bits per heavy atom. The standard InChI is InChI=1S/C15H21N3O3/c16-15(21)17-9-10-5-7-11(8-6-10)14(20)18-12-3-1-2-4-13(12)19/h5-8,12-13,19H,1-4,9H2,(H,18,20)(H3,16,17,21). The molecule has 3 amide bonds.